The van der Waals surface area contributed by atoms with Gasteiger partial charge in [0.25, 0.3) is 5.91 Å². The minimum atomic E-state index is -0.244. The molecule has 1 aliphatic heterocycles. The number of rotatable bonds is 3. The Labute approximate surface area is 167 Å². The molecule has 3 rings (SSSR count). The SMILES string of the molecule is COc1cc(/C=C2/SC(=S)N(c3ccccc3Cl)C2=O)cc(Br)c1O. The van der Waals surface area contributed by atoms with Crippen LogP contribution in [0.3, 0.4) is 0 Å². The predicted molar refractivity (Wildman–Crippen MR) is 109 cm³/mol. The number of benzene rings is 2. The molecule has 128 valence electrons. The summed E-state index contributed by atoms with van der Waals surface area (Å²) in [5, 5.41) is 10.3. The third-order valence-corrected chi connectivity index (χ3v) is 5.68. The van der Waals surface area contributed by atoms with Crippen molar-refractivity contribution in [1.82, 2.24) is 0 Å². The molecule has 1 fully saturated rings. The molecular formula is C17H11BrClNO3S2. The van der Waals surface area contributed by atoms with Gasteiger partial charge in [0, 0.05) is 0 Å². The molecular weight excluding hydrogens is 446 g/mol. The van der Waals surface area contributed by atoms with Crippen LogP contribution in [0.15, 0.2) is 45.8 Å². The van der Waals surface area contributed by atoms with Crippen LogP contribution >= 0.6 is 51.5 Å². The summed E-state index contributed by atoms with van der Waals surface area (Å²) in [6.07, 6.45) is 1.70. The van der Waals surface area contributed by atoms with Gasteiger partial charge >= 0.3 is 0 Å². The second-order valence-corrected chi connectivity index (χ2v) is 7.96. The molecule has 0 spiro atoms. The van der Waals surface area contributed by atoms with Crippen molar-refractivity contribution in [3.63, 3.8) is 0 Å². The normalized spacial score (nSPS) is 16.0. The number of anilines is 1. The van der Waals surface area contributed by atoms with Crippen LogP contribution in [0.5, 0.6) is 11.5 Å². The van der Waals surface area contributed by atoms with Gasteiger partial charge in [-0.05, 0) is 51.8 Å². The van der Waals surface area contributed by atoms with Gasteiger partial charge in [-0.25, -0.2) is 0 Å². The zero-order valence-corrected chi connectivity index (χ0v) is 16.8. The summed E-state index contributed by atoms with van der Waals surface area (Å²) >= 11 is 16.0. The molecule has 1 amide bonds. The highest BCUT2D eigenvalue weighted by molar-refractivity contribution is 9.10. The minimum Gasteiger partial charge on any atom is -0.503 e. The molecule has 8 heteroatoms. The molecule has 0 unspecified atom stereocenters. The van der Waals surface area contributed by atoms with E-state index in [4.69, 9.17) is 28.6 Å². The lowest BCUT2D eigenvalue weighted by atomic mass is 10.2. The Hall–Kier alpha value is -1.54. The molecule has 0 radical (unpaired) electrons. The molecule has 2 aromatic rings. The Morgan fingerprint density at radius 1 is 1.36 bits per heavy atom. The summed E-state index contributed by atoms with van der Waals surface area (Å²) in [4.78, 5) is 14.7. The first-order chi connectivity index (χ1) is 11.9. The standard InChI is InChI=1S/C17H11BrClNO3S2/c1-23-13-7-9(6-10(18)15(13)21)8-14-16(22)20(17(24)25-14)12-5-3-2-4-11(12)19/h2-8,21H,1H3/b14-8+. The van der Waals surface area contributed by atoms with E-state index in [0.29, 0.717) is 35.7 Å². The molecule has 0 aliphatic carbocycles. The average molecular weight is 457 g/mol. The monoisotopic (exact) mass is 455 g/mol. The third-order valence-electron chi connectivity index (χ3n) is 3.46. The maximum absolute atomic E-state index is 12.8. The summed E-state index contributed by atoms with van der Waals surface area (Å²) < 4.78 is 6.01. The average Bonchev–Trinajstić information content (AvgIpc) is 2.85. The molecule has 0 atom stereocenters. The molecule has 4 nitrogen and oxygen atoms in total. The van der Waals surface area contributed by atoms with Crippen LogP contribution in [0.4, 0.5) is 5.69 Å². The number of hydrogen-bond acceptors (Lipinski definition) is 5. The van der Waals surface area contributed by atoms with E-state index in [1.54, 1.807) is 42.5 Å². The largest absolute Gasteiger partial charge is 0.503 e. The van der Waals surface area contributed by atoms with E-state index >= 15 is 0 Å². The smallest absolute Gasteiger partial charge is 0.270 e. The van der Waals surface area contributed by atoms with Crippen molar-refractivity contribution in [3.05, 3.63) is 56.4 Å². The molecule has 1 N–H and O–H groups in total. The van der Waals surface area contributed by atoms with Crippen LogP contribution in [0.1, 0.15) is 5.56 Å². The molecule has 2 aromatic carbocycles. The fraction of sp³-hybridized carbons (Fsp3) is 0.0588. The first kappa shape index (κ1) is 18.3. The number of carbonyl (C=O) groups excluding carboxylic acids is 1. The van der Waals surface area contributed by atoms with Crippen molar-refractivity contribution < 1.29 is 14.6 Å². The summed E-state index contributed by atoms with van der Waals surface area (Å²) in [6.45, 7) is 0. The first-order valence-corrected chi connectivity index (χ1v) is 9.41. The number of amides is 1. The summed E-state index contributed by atoms with van der Waals surface area (Å²) in [5.41, 5.74) is 1.25. The van der Waals surface area contributed by atoms with E-state index in [1.165, 1.54) is 23.8 Å². The number of para-hydroxylation sites is 1. The van der Waals surface area contributed by atoms with Crippen LogP contribution in [0.2, 0.25) is 5.02 Å². The van der Waals surface area contributed by atoms with Crippen molar-refractivity contribution in [2.45, 2.75) is 0 Å². The summed E-state index contributed by atoms with van der Waals surface area (Å²) in [6, 6.07) is 10.4. The van der Waals surface area contributed by atoms with Crippen molar-refractivity contribution in [2.24, 2.45) is 0 Å². The number of phenols is 1. The highest BCUT2D eigenvalue weighted by atomic mass is 79.9. The summed E-state index contributed by atoms with van der Waals surface area (Å²) in [7, 11) is 1.46. The third kappa shape index (κ3) is 3.55. The topological polar surface area (TPSA) is 49.8 Å². The van der Waals surface area contributed by atoms with E-state index in [0.717, 1.165) is 0 Å². The maximum Gasteiger partial charge on any atom is 0.270 e. The fourth-order valence-corrected chi connectivity index (χ4v) is 4.26. The lowest BCUT2D eigenvalue weighted by Gasteiger charge is -2.15. The van der Waals surface area contributed by atoms with Crippen molar-refractivity contribution in [3.8, 4) is 11.5 Å². The Balaban J connectivity index is 1.99. The van der Waals surface area contributed by atoms with E-state index in [9.17, 15) is 9.90 Å². The van der Waals surface area contributed by atoms with Gasteiger partial charge in [0.2, 0.25) is 0 Å². The van der Waals surface area contributed by atoms with E-state index in [1.807, 2.05) is 0 Å². The lowest BCUT2D eigenvalue weighted by molar-refractivity contribution is -0.113. The molecule has 1 aliphatic rings. The van der Waals surface area contributed by atoms with Crippen LogP contribution < -0.4 is 9.64 Å². The van der Waals surface area contributed by atoms with Crippen molar-refractivity contribution in [1.29, 1.82) is 0 Å². The van der Waals surface area contributed by atoms with Gasteiger partial charge < -0.3 is 9.84 Å². The molecule has 0 saturated carbocycles. The lowest BCUT2D eigenvalue weighted by Crippen LogP contribution is -2.27. The van der Waals surface area contributed by atoms with Crippen molar-refractivity contribution >= 4 is 73.5 Å². The van der Waals surface area contributed by atoms with Gasteiger partial charge in [0.1, 0.15) is 0 Å². The second-order valence-electron chi connectivity index (χ2n) is 5.02. The number of phenolic OH excluding ortho intramolecular Hbond substituents is 1. The fourth-order valence-electron chi connectivity index (χ4n) is 2.29. The molecule has 25 heavy (non-hydrogen) atoms. The predicted octanol–water partition coefficient (Wildman–Crippen LogP) is 5.22. The highest BCUT2D eigenvalue weighted by Gasteiger charge is 2.34. The molecule has 0 aromatic heterocycles. The van der Waals surface area contributed by atoms with Gasteiger partial charge in [0.15, 0.2) is 15.8 Å². The van der Waals surface area contributed by atoms with E-state index < -0.39 is 0 Å². The summed E-state index contributed by atoms with van der Waals surface area (Å²) in [5.74, 6) is 0.0664. The number of methoxy groups -OCH3 is 1. The molecule has 1 saturated heterocycles. The van der Waals surface area contributed by atoms with E-state index in [2.05, 4.69) is 15.9 Å². The van der Waals surface area contributed by atoms with Gasteiger partial charge in [-0.3, -0.25) is 9.69 Å². The molecule has 1 heterocycles. The van der Waals surface area contributed by atoms with Gasteiger partial charge in [-0.2, -0.15) is 0 Å². The van der Waals surface area contributed by atoms with Crippen LogP contribution in [0, 0.1) is 0 Å². The number of ether oxygens (including phenoxy) is 1. The van der Waals surface area contributed by atoms with E-state index in [-0.39, 0.29) is 11.7 Å². The highest BCUT2D eigenvalue weighted by Crippen LogP contribution is 2.40. The number of halogens is 2. The second kappa shape index (κ2) is 7.37. The van der Waals surface area contributed by atoms with Crippen LogP contribution in [-0.4, -0.2) is 22.4 Å². The number of nitrogens with zero attached hydrogens (tertiary/aromatic N) is 1. The van der Waals surface area contributed by atoms with Gasteiger partial charge in [0.05, 0.1) is 27.2 Å². The Morgan fingerprint density at radius 3 is 2.76 bits per heavy atom. The number of thiocarbonyl (C=S) groups is 1. The maximum atomic E-state index is 12.8. The Morgan fingerprint density at radius 2 is 2.08 bits per heavy atom. The first-order valence-electron chi connectivity index (χ1n) is 7.01. The minimum absolute atomic E-state index is 0.00302. The van der Waals surface area contributed by atoms with Crippen molar-refractivity contribution in [2.75, 3.05) is 12.0 Å². The number of carbonyl (C=O) groups is 1. The number of thioether (sulfide) groups is 1. The van der Waals surface area contributed by atoms with Gasteiger partial charge in [-0.15, -0.1) is 0 Å². The Kier molecular flexibility index (Phi) is 5.38. The number of aromatic hydroxyl groups is 1. The number of hydrogen-bond donors (Lipinski definition) is 1. The van der Waals surface area contributed by atoms with Crippen LogP contribution in [0.25, 0.3) is 6.08 Å². The molecule has 0 bridgehead atoms. The zero-order chi connectivity index (χ0) is 18.1. The van der Waals surface area contributed by atoms with Gasteiger partial charge in [-0.1, -0.05) is 47.7 Å². The van der Waals surface area contributed by atoms with Crippen LogP contribution in [-0.2, 0) is 4.79 Å². The quantitative estimate of drug-likeness (QED) is 0.507. The Bertz CT molecular complexity index is 917. The zero-order valence-electron chi connectivity index (χ0n) is 12.8.